The molecular formula is C12H14ClN3O. The minimum absolute atomic E-state index is 0.232. The predicted molar refractivity (Wildman–Crippen MR) is 66.0 cm³/mol. The van der Waals surface area contributed by atoms with Crippen molar-refractivity contribution in [1.82, 2.24) is 4.98 Å². The lowest BCUT2D eigenvalue weighted by molar-refractivity contribution is 0.0247. The van der Waals surface area contributed by atoms with Crippen molar-refractivity contribution in [3.05, 3.63) is 22.8 Å². The third-order valence-electron chi connectivity index (χ3n) is 2.71. The molecule has 2 rings (SSSR count). The lowest BCUT2D eigenvalue weighted by atomic mass is 10.1. The Morgan fingerprint density at radius 2 is 2.41 bits per heavy atom. The fourth-order valence-corrected chi connectivity index (χ4v) is 2.05. The van der Waals surface area contributed by atoms with Gasteiger partial charge in [0.2, 0.25) is 0 Å². The highest BCUT2D eigenvalue weighted by atomic mass is 35.5. The van der Waals surface area contributed by atoms with Crippen molar-refractivity contribution in [1.29, 1.82) is 5.26 Å². The van der Waals surface area contributed by atoms with Crippen molar-refractivity contribution in [2.45, 2.75) is 25.4 Å². The molecule has 0 saturated carbocycles. The summed E-state index contributed by atoms with van der Waals surface area (Å²) in [4.78, 5) is 4.11. The van der Waals surface area contributed by atoms with Crippen LogP contribution in [0.3, 0.4) is 0 Å². The Hall–Kier alpha value is -1.31. The van der Waals surface area contributed by atoms with E-state index in [1.54, 1.807) is 12.1 Å². The molecule has 1 N–H and O–H groups in total. The lowest BCUT2D eigenvalue weighted by Crippen LogP contribution is -2.27. The highest BCUT2D eigenvalue weighted by Gasteiger charge is 2.13. The van der Waals surface area contributed by atoms with Crippen molar-refractivity contribution in [3.8, 4) is 6.07 Å². The molecule has 90 valence electrons. The van der Waals surface area contributed by atoms with Gasteiger partial charge in [-0.25, -0.2) is 4.98 Å². The molecule has 17 heavy (non-hydrogen) atoms. The van der Waals surface area contributed by atoms with Crippen LogP contribution in [-0.2, 0) is 4.74 Å². The van der Waals surface area contributed by atoms with E-state index in [1.807, 2.05) is 0 Å². The molecule has 0 amide bonds. The van der Waals surface area contributed by atoms with Crippen molar-refractivity contribution >= 4 is 17.4 Å². The van der Waals surface area contributed by atoms with Crippen LogP contribution in [0.25, 0.3) is 0 Å². The quantitative estimate of drug-likeness (QED) is 0.839. The number of nitriles is 1. The lowest BCUT2D eigenvalue weighted by Gasteiger charge is -2.22. The third kappa shape index (κ3) is 3.58. The summed E-state index contributed by atoms with van der Waals surface area (Å²) in [5.74, 6) is 0.628. The standard InChI is InChI=1S/C12H14ClN3O/c13-11-5-9(7-14)6-12(16-11)15-8-10-3-1-2-4-17-10/h5-6,10H,1-4,8H2,(H,15,16). The molecule has 0 aromatic carbocycles. The van der Waals surface area contributed by atoms with Gasteiger partial charge >= 0.3 is 0 Å². The van der Waals surface area contributed by atoms with Crippen LogP contribution < -0.4 is 5.32 Å². The molecular weight excluding hydrogens is 238 g/mol. The molecule has 1 aliphatic rings. The van der Waals surface area contributed by atoms with Gasteiger partial charge in [0.05, 0.1) is 17.7 Å². The average molecular weight is 252 g/mol. The number of hydrogen-bond acceptors (Lipinski definition) is 4. The summed E-state index contributed by atoms with van der Waals surface area (Å²) < 4.78 is 5.60. The van der Waals surface area contributed by atoms with Crippen LogP contribution in [0, 0.1) is 11.3 Å². The molecule has 0 aliphatic carbocycles. The molecule has 0 spiro atoms. The molecule has 1 saturated heterocycles. The van der Waals surface area contributed by atoms with Gasteiger partial charge in [0.1, 0.15) is 11.0 Å². The second-order valence-corrected chi connectivity index (χ2v) is 4.43. The minimum atomic E-state index is 0.232. The van der Waals surface area contributed by atoms with E-state index in [9.17, 15) is 0 Å². The van der Waals surface area contributed by atoms with Gasteiger partial charge in [-0.05, 0) is 31.4 Å². The first-order valence-electron chi connectivity index (χ1n) is 5.71. The molecule has 0 bridgehead atoms. The highest BCUT2D eigenvalue weighted by Crippen LogP contribution is 2.16. The Labute approximate surface area is 106 Å². The van der Waals surface area contributed by atoms with E-state index in [0.717, 1.165) is 19.4 Å². The van der Waals surface area contributed by atoms with Gasteiger partial charge in [0, 0.05) is 13.2 Å². The molecule has 4 nitrogen and oxygen atoms in total. The summed E-state index contributed by atoms with van der Waals surface area (Å²) >= 11 is 5.82. The van der Waals surface area contributed by atoms with Gasteiger partial charge in [-0.15, -0.1) is 0 Å². The molecule has 1 atom stereocenters. The van der Waals surface area contributed by atoms with E-state index in [-0.39, 0.29) is 6.10 Å². The van der Waals surface area contributed by atoms with Crippen molar-refractivity contribution in [3.63, 3.8) is 0 Å². The normalized spacial score (nSPS) is 19.6. The van der Waals surface area contributed by atoms with Crippen LogP contribution >= 0.6 is 11.6 Å². The van der Waals surface area contributed by atoms with Crippen molar-refractivity contribution in [2.24, 2.45) is 0 Å². The fraction of sp³-hybridized carbons (Fsp3) is 0.500. The third-order valence-corrected chi connectivity index (χ3v) is 2.90. The van der Waals surface area contributed by atoms with E-state index in [1.165, 1.54) is 6.42 Å². The van der Waals surface area contributed by atoms with E-state index < -0.39 is 0 Å². The van der Waals surface area contributed by atoms with E-state index >= 15 is 0 Å². The van der Waals surface area contributed by atoms with Crippen LogP contribution in [0.1, 0.15) is 24.8 Å². The first kappa shape index (κ1) is 12.2. The maximum absolute atomic E-state index is 8.81. The molecule has 1 aromatic heterocycles. The maximum atomic E-state index is 8.81. The summed E-state index contributed by atoms with van der Waals surface area (Å²) in [7, 11) is 0. The number of pyridine rings is 1. The van der Waals surface area contributed by atoms with Crippen molar-refractivity contribution in [2.75, 3.05) is 18.5 Å². The van der Waals surface area contributed by atoms with Crippen LogP contribution in [0.4, 0.5) is 5.82 Å². The molecule has 0 radical (unpaired) electrons. The monoisotopic (exact) mass is 251 g/mol. The number of nitrogens with one attached hydrogen (secondary N) is 1. The number of ether oxygens (including phenoxy) is 1. The number of aromatic nitrogens is 1. The number of halogens is 1. The second-order valence-electron chi connectivity index (χ2n) is 4.05. The smallest absolute Gasteiger partial charge is 0.132 e. The highest BCUT2D eigenvalue weighted by molar-refractivity contribution is 6.29. The largest absolute Gasteiger partial charge is 0.376 e. The summed E-state index contributed by atoms with van der Waals surface area (Å²) in [6.07, 6.45) is 3.65. The number of hydrogen-bond donors (Lipinski definition) is 1. The minimum Gasteiger partial charge on any atom is -0.376 e. The Morgan fingerprint density at radius 3 is 3.12 bits per heavy atom. The zero-order valence-corrected chi connectivity index (χ0v) is 10.2. The maximum Gasteiger partial charge on any atom is 0.132 e. The topological polar surface area (TPSA) is 57.9 Å². The van der Waals surface area contributed by atoms with Crippen LogP contribution in [-0.4, -0.2) is 24.2 Å². The SMILES string of the molecule is N#Cc1cc(Cl)nc(NCC2CCCCO2)c1. The molecule has 1 aromatic rings. The first-order valence-corrected chi connectivity index (χ1v) is 6.09. The fourth-order valence-electron chi connectivity index (χ4n) is 1.84. The predicted octanol–water partition coefficient (Wildman–Crippen LogP) is 2.59. The van der Waals surface area contributed by atoms with Gasteiger partial charge in [0.15, 0.2) is 0 Å². The Balaban J connectivity index is 1.94. The summed E-state index contributed by atoms with van der Waals surface area (Å²) in [5, 5.41) is 12.3. The number of rotatable bonds is 3. The van der Waals surface area contributed by atoms with E-state index in [2.05, 4.69) is 16.4 Å². The Kier molecular flexibility index (Phi) is 4.18. The van der Waals surface area contributed by atoms with Gasteiger partial charge in [-0.1, -0.05) is 11.6 Å². The number of nitrogens with zero attached hydrogens (tertiary/aromatic N) is 2. The van der Waals surface area contributed by atoms with Crippen LogP contribution in [0.15, 0.2) is 12.1 Å². The average Bonchev–Trinajstić information content (AvgIpc) is 2.37. The van der Waals surface area contributed by atoms with Crippen LogP contribution in [0.5, 0.6) is 0 Å². The number of anilines is 1. The van der Waals surface area contributed by atoms with Gasteiger partial charge < -0.3 is 10.1 Å². The second kappa shape index (κ2) is 5.85. The Morgan fingerprint density at radius 1 is 1.53 bits per heavy atom. The van der Waals surface area contributed by atoms with Crippen molar-refractivity contribution < 1.29 is 4.74 Å². The van der Waals surface area contributed by atoms with Crippen LogP contribution in [0.2, 0.25) is 5.15 Å². The Bertz CT molecular complexity index is 424. The molecule has 1 fully saturated rings. The summed E-state index contributed by atoms with van der Waals surface area (Å²) in [5.41, 5.74) is 0.511. The summed E-state index contributed by atoms with van der Waals surface area (Å²) in [6.45, 7) is 1.54. The van der Waals surface area contributed by atoms with E-state index in [4.69, 9.17) is 21.6 Å². The van der Waals surface area contributed by atoms with Gasteiger partial charge in [-0.2, -0.15) is 5.26 Å². The molecule has 1 aliphatic heterocycles. The first-order chi connectivity index (χ1) is 8.28. The molecule has 2 heterocycles. The zero-order chi connectivity index (χ0) is 12.1. The summed E-state index contributed by atoms with van der Waals surface area (Å²) in [6, 6.07) is 5.29. The van der Waals surface area contributed by atoms with Gasteiger partial charge in [-0.3, -0.25) is 0 Å². The molecule has 5 heteroatoms. The zero-order valence-electron chi connectivity index (χ0n) is 9.45. The molecule has 1 unspecified atom stereocenters. The van der Waals surface area contributed by atoms with Gasteiger partial charge in [0.25, 0.3) is 0 Å². The van der Waals surface area contributed by atoms with E-state index in [0.29, 0.717) is 23.1 Å².